The highest BCUT2D eigenvalue weighted by Gasteiger charge is 2.01. The number of rotatable bonds is 2. The van der Waals surface area contributed by atoms with E-state index in [0.717, 1.165) is 5.57 Å². The average Bonchev–Trinajstić information content (AvgIpc) is 2.27. The summed E-state index contributed by atoms with van der Waals surface area (Å²) in [7, 11) is 0. The van der Waals surface area contributed by atoms with Gasteiger partial charge in [0.2, 0.25) is 0 Å². The Morgan fingerprint density at radius 1 is 1.00 bits per heavy atom. The van der Waals surface area contributed by atoms with Gasteiger partial charge in [0.15, 0.2) is 0 Å². The second-order valence-corrected chi connectivity index (χ2v) is 4.76. The highest BCUT2D eigenvalue weighted by molar-refractivity contribution is 5.86. The highest BCUT2D eigenvalue weighted by Crippen LogP contribution is 2.24. The van der Waals surface area contributed by atoms with Gasteiger partial charge < -0.3 is 0 Å². The molecular weight excluding hydrogens is 204 g/mol. The van der Waals surface area contributed by atoms with Gasteiger partial charge in [0.05, 0.1) is 0 Å². The van der Waals surface area contributed by atoms with Crippen molar-refractivity contribution in [1.29, 1.82) is 0 Å². The van der Waals surface area contributed by atoms with Crippen LogP contribution in [0.5, 0.6) is 0 Å². The van der Waals surface area contributed by atoms with Crippen LogP contribution in [-0.4, -0.2) is 0 Å². The first-order valence-electron chi connectivity index (χ1n) is 5.77. The van der Waals surface area contributed by atoms with Crippen LogP contribution in [0.4, 0.5) is 0 Å². The van der Waals surface area contributed by atoms with E-state index < -0.39 is 0 Å². The van der Waals surface area contributed by atoms with Crippen LogP contribution < -0.4 is 0 Å². The van der Waals surface area contributed by atoms with E-state index >= 15 is 0 Å². The zero-order chi connectivity index (χ0) is 11.7. The zero-order valence-corrected chi connectivity index (χ0v) is 10.2. The smallest absolute Gasteiger partial charge is 0.0178 e. The summed E-state index contributed by atoms with van der Waals surface area (Å²) in [6, 6.07) is 13.2. The predicted molar refractivity (Wildman–Crippen MR) is 79.5 cm³/mol. The predicted octanol–water partition coefficient (Wildman–Crippen LogP) is 5.63. The molecule has 0 aliphatic carbocycles. The molecule has 0 heteroatoms. The molecule has 2 rings (SSSR count). The molecule has 0 amide bonds. The van der Waals surface area contributed by atoms with Crippen molar-refractivity contribution in [1.82, 2.24) is 0 Å². The van der Waals surface area contributed by atoms with Crippen LogP contribution in [0.3, 0.4) is 0 Å². The van der Waals surface area contributed by atoms with Gasteiger partial charge in [0.25, 0.3) is 0 Å². The quantitative estimate of drug-likeness (QED) is 0.622. The molecule has 0 atom stereocenters. The number of benzene rings is 2. The summed E-state index contributed by atoms with van der Waals surface area (Å²) in [5.41, 5.74) is 3.75. The number of allylic oxidation sites excluding steroid dienone is 1. The van der Waals surface area contributed by atoms with Crippen LogP contribution in [0.2, 0.25) is 0 Å². The molecule has 0 radical (unpaired) electrons. The third-order valence-electron chi connectivity index (χ3n) is 3.02. The molecular formula is C17H22. The monoisotopic (exact) mass is 226 g/mol. The van der Waals surface area contributed by atoms with Crippen molar-refractivity contribution < 1.29 is 0 Å². The van der Waals surface area contributed by atoms with E-state index in [1.54, 1.807) is 0 Å². The van der Waals surface area contributed by atoms with Crippen molar-refractivity contribution in [3.63, 3.8) is 0 Å². The Labute approximate surface area is 105 Å². The van der Waals surface area contributed by atoms with E-state index in [9.17, 15) is 0 Å². The zero-order valence-electron chi connectivity index (χ0n) is 10.2. The Morgan fingerprint density at radius 3 is 2.18 bits per heavy atom. The fourth-order valence-corrected chi connectivity index (χ4v) is 1.89. The van der Waals surface area contributed by atoms with Gasteiger partial charge in [-0.1, -0.05) is 63.8 Å². The van der Waals surface area contributed by atoms with Gasteiger partial charge >= 0.3 is 0 Å². The van der Waals surface area contributed by atoms with Crippen LogP contribution in [0, 0.1) is 0 Å². The third-order valence-corrected chi connectivity index (χ3v) is 3.02. The minimum atomic E-state index is 0. The average molecular weight is 226 g/mol. The van der Waals surface area contributed by atoms with Gasteiger partial charge in [-0.2, -0.15) is 0 Å². The van der Waals surface area contributed by atoms with Gasteiger partial charge in [0, 0.05) is 0 Å². The van der Waals surface area contributed by atoms with Gasteiger partial charge in [0.1, 0.15) is 0 Å². The van der Waals surface area contributed by atoms with Gasteiger partial charge in [-0.05, 0) is 40.8 Å². The van der Waals surface area contributed by atoms with Crippen molar-refractivity contribution in [2.24, 2.45) is 0 Å². The van der Waals surface area contributed by atoms with Crippen LogP contribution in [-0.2, 0) is 0 Å². The van der Waals surface area contributed by atoms with Crippen molar-refractivity contribution in [2.75, 3.05) is 0 Å². The molecule has 0 saturated carbocycles. The van der Waals surface area contributed by atoms with Gasteiger partial charge in [-0.15, -0.1) is 0 Å². The lowest BCUT2D eigenvalue weighted by Gasteiger charge is -2.08. The summed E-state index contributed by atoms with van der Waals surface area (Å²) in [5.74, 6) is 0.588. The third kappa shape index (κ3) is 2.76. The lowest BCUT2D eigenvalue weighted by Crippen LogP contribution is -1.87. The lowest BCUT2D eigenvalue weighted by atomic mass is 9.97. The normalized spacial score (nSPS) is 10.4. The van der Waals surface area contributed by atoms with Crippen molar-refractivity contribution in [3.8, 4) is 0 Å². The second kappa shape index (κ2) is 5.18. The first-order valence-corrected chi connectivity index (χ1v) is 5.77. The molecule has 0 unspecified atom stereocenters. The Kier molecular flexibility index (Phi) is 4.11. The molecule has 0 aliphatic rings. The molecule has 0 bridgehead atoms. The Hall–Kier alpha value is -1.56. The molecule has 0 aliphatic heterocycles. The van der Waals surface area contributed by atoms with E-state index in [-0.39, 0.29) is 7.43 Å². The number of fused-ring (bicyclic) bond motifs is 1. The minimum Gasteiger partial charge on any atom is -0.0955 e. The van der Waals surface area contributed by atoms with Gasteiger partial charge in [-0.25, -0.2) is 0 Å². The van der Waals surface area contributed by atoms with E-state index in [2.05, 4.69) is 56.8 Å². The standard InChI is InChI=1S/C16H18.CH4/c1-11(2)13-5-7-16-10-14(12(3)4)6-8-15(16)9-13;/h5-10,12H,1H2,2-4H3;1H4. The molecule has 0 fully saturated rings. The summed E-state index contributed by atoms with van der Waals surface area (Å²) >= 11 is 0. The Balaban J connectivity index is 0.00000144. The van der Waals surface area contributed by atoms with E-state index in [1.165, 1.54) is 21.9 Å². The highest BCUT2D eigenvalue weighted by atomic mass is 14.1. The Bertz CT molecular complexity index is 533. The summed E-state index contributed by atoms with van der Waals surface area (Å²) in [6.45, 7) is 10.5. The largest absolute Gasteiger partial charge is 0.0955 e. The van der Waals surface area contributed by atoms with Crippen LogP contribution in [0.15, 0.2) is 43.0 Å². The molecule has 0 aromatic heterocycles. The van der Waals surface area contributed by atoms with Crippen LogP contribution >= 0.6 is 0 Å². The summed E-state index contributed by atoms with van der Waals surface area (Å²) in [4.78, 5) is 0. The molecule has 0 spiro atoms. The van der Waals surface area contributed by atoms with Gasteiger partial charge in [-0.3, -0.25) is 0 Å². The van der Waals surface area contributed by atoms with E-state index in [4.69, 9.17) is 0 Å². The fourth-order valence-electron chi connectivity index (χ4n) is 1.89. The molecule has 2 aromatic carbocycles. The summed E-state index contributed by atoms with van der Waals surface area (Å²) in [6.07, 6.45) is 0. The Morgan fingerprint density at radius 2 is 1.59 bits per heavy atom. The van der Waals surface area contributed by atoms with E-state index in [0.29, 0.717) is 5.92 Å². The first kappa shape index (κ1) is 13.5. The van der Waals surface area contributed by atoms with Crippen LogP contribution in [0.1, 0.15) is 45.2 Å². The molecule has 0 saturated heterocycles. The molecule has 2 aromatic rings. The van der Waals surface area contributed by atoms with Crippen molar-refractivity contribution in [3.05, 3.63) is 54.1 Å². The summed E-state index contributed by atoms with van der Waals surface area (Å²) in [5, 5.41) is 2.61. The maximum Gasteiger partial charge on any atom is -0.0178 e. The van der Waals surface area contributed by atoms with Crippen molar-refractivity contribution >= 4 is 16.3 Å². The molecule has 0 N–H and O–H groups in total. The SMILES string of the molecule is C.C=C(C)c1ccc2cc(C(C)C)ccc2c1. The first-order chi connectivity index (χ1) is 7.58. The molecule has 0 nitrogen and oxygen atoms in total. The second-order valence-electron chi connectivity index (χ2n) is 4.76. The summed E-state index contributed by atoms with van der Waals surface area (Å²) < 4.78 is 0. The lowest BCUT2D eigenvalue weighted by molar-refractivity contribution is 0.869. The topological polar surface area (TPSA) is 0 Å². The molecule has 0 heterocycles. The van der Waals surface area contributed by atoms with Crippen molar-refractivity contribution in [2.45, 2.75) is 34.1 Å². The maximum atomic E-state index is 3.98. The molecule has 90 valence electrons. The maximum absolute atomic E-state index is 3.98. The number of hydrogen-bond acceptors (Lipinski definition) is 0. The number of hydrogen-bond donors (Lipinski definition) is 0. The van der Waals surface area contributed by atoms with Crippen LogP contribution in [0.25, 0.3) is 16.3 Å². The minimum absolute atomic E-state index is 0. The molecule has 17 heavy (non-hydrogen) atoms. The van der Waals surface area contributed by atoms with E-state index in [1.807, 2.05) is 6.92 Å². The fraction of sp³-hybridized carbons (Fsp3) is 0.294.